The molecule has 0 amide bonds. The lowest BCUT2D eigenvalue weighted by Crippen LogP contribution is -1.93. The molecule has 1 aromatic heterocycles. The summed E-state index contributed by atoms with van der Waals surface area (Å²) in [4.78, 5) is 1.42. The SMILES string of the molecule is Cc1ccc2c3c(c(C)cc2c1)-c1ccc2c4c1c-3ccc4c1cccc3c1c2c1cccc2c4ccc5c6c(ccc(c64)c3c21)-c1sc2ccccc2c1-5. The molecule has 0 radical (unpaired) electrons. The first-order valence-corrected chi connectivity index (χ1v) is 20.2. The molecule has 0 unspecified atom stereocenters. The molecule has 12 aromatic carbocycles. The van der Waals surface area contributed by atoms with E-state index in [0.29, 0.717) is 0 Å². The van der Waals surface area contributed by atoms with Crippen LogP contribution in [0.15, 0.2) is 133 Å². The van der Waals surface area contributed by atoms with Crippen LogP contribution in [0.2, 0.25) is 0 Å². The summed E-state index contributed by atoms with van der Waals surface area (Å²) in [6.07, 6.45) is 0. The first-order valence-electron chi connectivity index (χ1n) is 19.4. The van der Waals surface area contributed by atoms with Crippen LogP contribution in [0.5, 0.6) is 0 Å². The van der Waals surface area contributed by atoms with Gasteiger partial charge in [0.05, 0.1) is 0 Å². The maximum absolute atomic E-state index is 2.46. The van der Waals surface area contributed by atoms with Gasteiger partial charge in [-0.25, -0.2) is 0 Å². The van der Waals surface area contributed by atoms with Crippen LogP contribution in [0.1, 0.15) is 11.1 Å². The Morgan fingerprint density at radius 2 is 0.800 bits per heavy atom. The second-order valence-electron chi connectivity index (χ2n) is 16.3. The van der Waals surface area contributed by atoms with E-state index in [1.807, 2.05) is 11.3 Å². The highest BCUT2D eigenvalue weighted by atomic mass is 32.1. The van der Waals surface area contributed by atoms with Crippen molar-refractivity contribution in [3.63, 3.8) is 0 Å². The number of fused-ring (bicyclic) bond motifs is 16. The van der Waals surface area contributed by atoms with Gasteiger partial charge in [-0.05, 0) is 150 Å². The summed E-state index contributed by atoms with van der Waals surface area (Å²) < 4.78 is 1.37. The fourth-order valence-corrected chi connectivity index (χ4v) is 13.1. The zero-order valence-electron chi connectivity index (χ0n) is 30.1. The van der Waals surface area contributed by atoms with Crippen LogP contribution >= 0.6 is 11.3 Å². The fourth-order valence-electron chi connectivity index (χ4n) is 11.8. The molecule has 250 valence electrons. The summed E-state index contributed by atoms with van der Waals surface area (Å²) in [5.41, 5.74) is 12.4. The smallest absolute Gasteiger partial charge is 0.0440 e. The second-order valence-corrected chi connectivity index (χ2v) is 17.4. The lowest BCUT2D eigenvalue weighted by Gasteiger charge is -2.22. The van der Waals surface area contributed by atoms with Crippen molar-refractivity contribution in [2.24, 2.45) is 0 Å². The van der Waals surface area contributed by atoms with E-state index in [0.717, 1.165) is 0 Å². The molecule has 0 atom stereocenters. The maximum atomic E-state index is 2.46. The first-order chi connectivity index (χ1) is 27.1. The van der Waals surface area contributed by atoms with Crippen LogP contribution in [0.4, 0.5) is 0 Å². The highest BCUT2D eigenvalue weighted by Crippen LogP contribution is 2.60. The summed E-state index contributed by atoms with van der Waals surface area (Å²) in [5.74, 6) is 0. The van der Waals surface area contributed by atoms with E-state index in [4.69, 9.17) is 0 Å². The van der Waals surface area contributed by atoms with Gasteiger partial charge in [0.25, 0.3) is 0 Å². The van der Waals surface area contributed by atoms with Gasteiger partial charge in [-0.3, -0.25) is 0 Å². The van der Waals surface area contributed by atoms with Gasteiger partial charge in [-0.2, -0.15) is 0 Å². The molecule has 0 aliphatic heterocycles. The molecule has 15 rings (SSSR count). The summed E-state index contributed by atoms with van der Waals surface area (Å²) in [6, 6.07) is 52.0. The molecule has 0 fully saturated rings. The molecule has 55 heavy (non-hydrogen) atoms. The minimum Gasteiger partial charge on any atom is -0.135 e. The van der Waals surface area contributed by atoms with Crippen molar-refractivity contribution in [1.29, 1.82) is 0 Å². The average Bonchev–Trinajstić information content (AvgIpc) is 3.87. The molecule has 2 aliphatic rings. The number of thiophene rings is 1. The number of benzene rings is 12. The van der Waals surface area contributed by atoms with Crippen molar-refractivity contribution in [2.45, 2.75) is 13.8 Å². The number of hydrogen-bond donors (Lipinski definition) is 0. The Bertz CT molecular complexity index is 4000. The van der Waals surface area contributed by atoms with Gasteiger partial charge in [0, 0.05) is 26.1 Å². The number of rotatable bonds is 0. The lowest BCUT2D eigenvalue weighted by atomic mass is 9.81. The van der Waals surface area contributed by atoms with Crippen molar-refractivity contribution >= 4 is 118 Å². The van der Waals surface area contributed by atoms with Crippen LogP contribution < -0.4 is 0 Å². The van der Waals surface area contributed by atoms with E-state index in [2.05, 4.69) is 147 Å². The molecule has 1 heterocycles. The van der Waals surface area contributed by atoms with Gasteiger partial charge in [0.15, 0.2) is 0 Å². The van der Waals surface area contributed by atoms with Crippen LogP contribution in [0.3, 0.4) is 0 Å². The average molecular weight is 709 g/mol. The van der Waals surface area contributed by atoms with Crippen LogP contribution in [-0.4, -0.2) is 0 Å². The van der Waals surface area contributed by atoms with Crippen LogP contribution in [0, 0.1) is 13.8 Å². The Morgan fingerprint density at radius 3 is 1.51 bits per heavy atom. The lowest BCUT2D eigenvalue weighted by molar-refractivity contribution is 1.48. The number of hydrogen-bond acceptors (Lipinski definition) is 1. The third-order valence-corrected chi connectivity index (χ3v) is 15.0. The Labute approximate surface area is 319 Å². The third kappa shape index (κ3) is 2.98. The molecule has 0 saturated carbocycles. The normalized spacial score (nSPS) is 13.3. The molecular formula is C54H28S. The van der Waals surface area contributed by atoms with Crippen molar-refractivity contribution < 1.29 is 0 Å². The molecule has 13 aromatic rings. The van der Waals surface area contributed by atoms with Crippen molar-refractivity contribution in [3.8, 4) is 43.8 Å². The molecule has 2 aliphatic carbocycles. The van der Waals surface area contributed by atoms with E-state index < -0.39 is 0 Å². The van der Waals surface area contributed by atoms with Gasteiger partial charge in [0.1, 0.15) is 0 Å². The first kappa shape index (κ1) is 28.0. The predicted octanol–water partition coefficient (Wildman–Crippen LogP) is 16.1. The molecule has 0 nitrogen and oxygen atoms in total. The van der Waals surface area contributed by atoms with E-state index >= 15 is 0 Å². The molecule has 0 N–H and O–H groups in total. The highest BCUT2D eigenvalue weighted by molar-refractivity contribution is 7.23. The van der Waals surface area contributed by atoms with Gasteiger partial charge in [0.2, 0.25) is 0 Å². The monoisotopic (exact) mass is 708 g/mol. The van der Waals surface area contributed by atoms with E-state index in [-0.39, 0.29) is 0 Å². The van der Waals surface area contributed by atoms with Crippen molar-refractivity contribution in [3.05, 3.63) is 145 Å². The second kappa shape index (κ2) is 9.04. The van der Waals surface area contributed by atoms with E-state index in [1.165, 1.54) is 162 Å². The fraction of sp³-hybridized carbons (Fsp3) is 0.0370. The zero-order chi connectivity index (χ0) is 35.6. The van der Waals surface area contributed by atoms with Gasteiger partial charge in [-0.1, -0.05) is 133 Å². The molecule has 0 spiro atoms. The summed E-state index contributed by atoms with van der Waals surface area (Å²) in [7, 11) is 0. The summed E-state index contributed by atoms with van der Waals surface area (Å²) in [5, 5.41) is 26.2. The maximum Gasteiger partial charge on any atom is 0.0440 e. The molecule has 0 bridgehead atoms. The standard InChI is InChI=1S/C54H28S/c1-25-13-14-28-27(23-25)24-26(2)43-36-19-20-38-47-31(15-17-37(44(28)43)51(36)47)29-8-5-11-35-45(29)49(38)34-10-6-9-30-32-16-18-40-52-41(22-21-39(48(32)52)50(35)46(30)34)54-53(40)33-7-3-4-12-42(33)55-54/h3-24H,1-2H3. The molecule has 0 saturated heterocycles. The van der Waals surface area contributed by atoms with Crippen molar-refractivity contribution in [2.75, 3.05) is 0 Å². The Hall–Kier alpha value is -6.54. The Balaban J connectivity index is 1.14. The van der Waals surface area contributed by atoms with Crippen molar-refractivity contribution in [1.82, 2.24) is 0 Å². The summed E-state index contributed by atoms with van der Waals surface area (Å²) >= 11 is 1.95. The van der Waals surface area contributed by atoms with Gasteiger partial charge < -0.3 is 0 Å². The third-order valence-electron chi connectivity index (χ3n) is 13.7. The van der Waals surface area contributed by atoms with Gasteiger partial charge in [-0.15, -0.1) is 11.3 Å². The largest absolute Gasteiger partial charge is 0.135 e. The highest BCUT2D eigenvalue weighted by Gasteiger charge is 2.31. The molecular weight excluding hydrogens is 681 g/mol. The topological polar surface area (TPSA) is 0 Å². The van der Waals surface area contributed by atoms with Gasteiger partial charge >= 0.3 is 0 Å². The van der Waals surface area contributed by atoms with Crippen LogP contribution in [0.25, 0.3) is 151 Å². The Morgan fingerprint density at radius 1 is 0.327 bits per heavy atom. The van der Waals surface area contributed by atoms with Crippen LogP contribution in [-0.2, 0) is 0 Å². The predicted molar refractivity (Wildman–Crippen MR) is 240 cm³/mol. The van der Waals surface area contributed by atoms with E-state index in [1.54, 1.807) is 0 Å². The minimum atomic E-state index is 1.31. The number of aryl methyl sites for hydroxylation is 2. The Kier molecular flexibility index (Phi) is 4.60. The van der Waals surface area contributed by atoms with E-state index in [9.17, 15) is 0 Å². The minimum absolute atomic E-state index is 1.31. The quantitative estimate of drug-likeness (QED) is 0.109. The molecule has 1 heteroatoms. The summed E-state index contributed by atoms with van der Waals surface area (Å²) in [6.45, 7) is 4.50. The zero-order valence-corrected chi connectivity index (χ0v) is 30.9.